The van der Waals surface area contributed by atoms with Gasteiger partial charge in [-0.05, 0) is 50.7 Å². The molecule has 0 aromatic heterocycles. The molecule has 1 rings (SSSR count). The van der Waals surface area contributed by atoms with Crippen molar-refractivity contribution in [3.05, 3.63) is 29.6 Å². The van der Waals surface area contributed by atoms with E-state index in [1.54, 1.807) is 13.8 Å². The van der Waals surface area contributed by atoms with E-state index in [4.69, 9.17) is 0 Å². The highest BCUT2D eigenvalue weighted by atomic mass is 32.2. The lowest BCUT2D eigenvalue weighted by Gasteiger charge is -2.32. The lowest BCUT2D eigenvalue weighted by Crippen LogP contribution is -2.45. The Labute approximate surface area is 169 Å². The van der Waals surface area contributed by atoms with Crippen molar-refractivity contribution in [1.82, 2.24) is 14.5 Å². The van der Waals surface area contributed by atoms with E-state index in [-0.39, 0.29) is 21.9 Å². The number of sulfonamides is 1. The van der Waals surface area contributed by atoms with Crippen LogP contribution in [-0.4, -0.2) is 63.3 Å². The van der Waals surface area contributed by atoms with Crippen LogP contribution < -0.4 is 5.32 Å². The van der Waals surface area contributed by atoms with Gasteiger partial charge < -0.3 is 10.2 Å². The van der Waals surface area contributed by atoms with E-state index in [1.807, 2.05) is 39.8 Å². The number of hydrogen-bond acceptors (Lipinski definition) is 4. The lowest BCUT2D eigenvalue weighted by molar-refractivity contribution is 0.0888. The summed E-state index contributed by atoms with van der Waals surface area (Å²) >= 11 is 0. The Morgan fingerprint density at radius 3 is 2.21 bits per heavy atom. The zero-order valence-corrected chi connectivity index (χ0v) is 18.9. The number of nitrogens with zero attached hydrogens (tertiary/aromatic N) is 2. The molecule has 0 heterocycles. The van der Waals surface area contributed by atoms with Crippen LogP contribution in [0.5, 0.6) is 0 Å². The number of nitrogens with one attached hydrogen (secondary N) is 1. The van der Waals surface area contributed by atoms with Crippen LogP contribution >= 0.6 is 0 Å². The van der Waals surface area contributed by atoms with Crippen LogP contribution in [0, 0.1) is 11.2 Å². The number of amides is 1. The smallest absolute Gasteiger partial charge is 0.254 e. The Hall–Kier alpha value is -1.51. The average Bonchev–Trinajstić information content (AvgIpc) is 2.58. The first-order chi connectivity index (χ1) is 12.8. The van der Waals surface area contributed by atoms with Crippen molar-refractivity contribution in [2.24, 2.45) is 5.41 Å². The summed E-state index contributed by atoms with van der Waals surface area (Å²) in [7, 11) is 0.122. The molecule has 0 radical (unpaired) electrons. The van der Waals surface area contributed by atoms with Gasteiger partial charge in [0, 0.05) is 19.1 Å². The van der Waals surface area contributed by atoms with Crippen molar-refractivity contribution in [3.63, 3.8) is 0 Å². The Morgan fingerprint density at radius 1 is 1.18 bits per heavy atom. The van der Waals surface area contributed by atoms with E-state index in [0.717, 1.165) is 18.7 Å². The molecule has 0 bridgehead atoms. The summed E-state index contributed by atoms with van der Waals surface area (Å²) in [6.07, 6.45) is 0.696. The molecule has 8 heteroatoms. The van der Waals surface area contributed by atoms with Crippen molar-refractivity contribution in [3.8, 4) is 0 Å². The Bertz CT molecular complexity index is 769. The van der Waals surface area contributed by atoms with Gasteiger partial charge in [0.15, 0.2) is 0 Å². The maximum Gasteiger partial charge on any atom is 0.254 e. The molecule has 28 heavy (non-hydrogen) atoms. The Kier molecular flexibility index (Phi) is 8.59. The molecule has 1 unspecified atom stereocenters. The minimum atomic E-state index is -3.77. The number of rotatable bonds is 9. The van der Waals surface area contributed by atoms with Gasteiger partial charge in [-0.25, -0.2) is 12.8 Å². The third-order valence-corrected chi connectivity index (χ3v) is 6.79. The summed E-state index contributed by atoms with van der Waals surface area (Å²) in [5.41, 5.74) is -0.486. The fourth-order valence-electron chi connectivity index (χ4n) is 2.90. The van der Waals surface area contributed by atoms with Crippen molar-refractivity contribution in [2.45, 2.75) is 52.0 Å². The maximum absolute atomic E-state index is 14.4. The van der Waals surface area contributed by atoms with Crippen molar-refractivity contribution in [1.29, 1.82) is 0 Å². The molecule has 1 aromatic carbocycles. The SMILES string of the molecule is CCN(CC)S(=O)(=O)c1ccc(F)c(C(=O)NC(CCN(C)C)C(C)(C)C)c1. The van der Waals surface area contributed by atoms with Crippen LogP contribution in [0.25, 0.3) is 0 Å². The quantitative estimate of drug-likeness (QED) is 0.673. The van der Waals surface area contributed by atoms with Gasteiger partial charge >= 0.3 is 0 Å². The first-order valence-electron chi connectivity index (χ1n) is 9.59. The summed E-state index contributed by atoms with van der Waals surface area (Å²) < 4.78 is 41.0. The Morgan fingerprint density at radius 2 is 1.75 bits per heavy atom. The van der Waals surface area contributed by atoms with Crippen LogP contribution in [0.4, 0.5) is 4.39 Å². The van der Waals surface area contributed by atoms with E-state index in [0.29, 0.717) is 19.5 Å². The highest BCUT2D eigenvalue weighted by molar-refractivity contribution is 7.89. The number of carbonyl (C=O) groups is 1. The molecular weight excluding hydrogens is 381 g/mol. The summed E-state index contributed by atoms with van der Waals surface area (Å²) in [6, 6.07) is 3.18. The van der Waals surface area contributed by atoms with Crippen LogP contribution in [0.3, 0.4) is 0 Å². The van der Waals surface area contributed by atoms with Crippen molar-refractivity contribution >= 4 is 15.9 Å². The fraction of sp³-hybridized carbons (Fsp3) is 0.650. The summed E-state index contributed by atoms with van der Waals surface area (Å²) in [5, 5.41) is 2.89. The van der Waals surface area contributed by atoms with Gasteiger partial charge in [-0.3, -0.25) is 4.79 Å². The van der Waals surface area contributed by atoms with Crippen LogP contribution in [0.1, 0.15) is 51.4 Å². The van der Waals surface area contributed by atoms with Crippen LogP contribution in [-0.2, 0) is 10.0 Å². The van der Waals surface area contributed by atoms with Gasteiger partial charge in [0.1, 0.15) is 5.82 Å². The molecule has 0 saturated carbocycles. The topological polar surface area (TPSA) is 69.7 Å². The van der Waals surface area contributed by atoms with E-state index < -0.39 is 21.7 Å². The zero-order chi connectivity index (χ0) is 21.7. The molecule has 1 atom stereocenters. The van der Waals surface area contributed by atoms with Gasteiger partial charge in [0.05, 0.1) is 10.5 Å². The van der Waals surface area contributed by atoms with Gasteiger partial charge in [-0.1, -0.05) is 34.6 Å². The highest BCUT2D eigenvalue weighted by Gasteiger charge is 2.29. The molecule has 1 amide bonds. The van der Waals surface area contributed by atoms with E-state index >= 15 is 0 Å². The predicted octanol–water partition coefficient (Wildman–Crippen LogP) is 2.95. The number of benzene rings is 1. The number of carbonyl (C=O) groups excluding carboxylic acids is 1. The summed E-state index contributed by atoms with van der Waals surface area (Å²) in [5.74, 6) is -1.34. The third kappa shape index (κ3) is 6.25. The van der Waals surface area contributed by atoms with Crippen molar-refractivity contribution < 1.29 is 17.6 Å². The molecule has 0 spiro atoms. The van der Waals surface area contributed by atoms with E-state index in [1.165, 1.54) is 10.4 Å². The summed E-state index contributed by atoms with van der Waals surface area (Å²) in [4.78, 5) is 14.7. The molecule has 0 aliphatic heterocycles. The van der Waals surface area contributed by atoms with Crippen LogP contribution in [0.15, 0.2) is 23.1 Å². The van der Waals surface area contributed by atoms with Gasteiger partial charge in [0.2, 0.25) is 10.0 Å². The molecule has 1 aromatic rings. The van der Waals surface area contributed by atoms with E-state index in [9.17, 15) is 17.6 Å². The third-order valence-electron chi connectivity index (χ3n) is 4.74. The largest absolute Gasteiger partial charge is 0.349 e. The lowest BCUT2D eigenvalue weighted by atomic mass is 9.84. The second kappa shape index (κ2) is 9.80. The monoisotopic (exact) mass is 415 g/mol. The minimum Gasteiger partial charge on any atom is -0.349 e. The standard InChI is InChI=1S/C20H34FN3O3S/c1-8-24(9-2)28(26,27)15-10-11-17(21)16(14-15)19(25)22-18(20(3,4)5)12-13-23(6)7/h10-11,14,18H,8-9,12-13H2,1-7H3,(H,22,25). The molecule has 0 aliphatic rings. The number of halogens is 1. The molecule has 6 nitrogen and oxygen atoms in total. The molecular formula is C20H34FN3O3S. The van der Waals surface area contributed by atoms with Gasteiger partial charge in [0.25, 0.3) is 5.91 Å². The molecule has 0 aliphatic carbocycles. The zero-order valence-electron chi connectivity index (χ0n) is 18.0. The predicted molar refractivity (Wildman–Crippen MR) is 110 cm³/mol. The highest BCUT2D eigenvalue weighted by Crippen LogP contribution is 2.24. The molecule has 1 N–H and O–H groups in total. The molecule has 0 fully saturated rings. The first kappa shape index (κ1) is 24.5. The second-order valence-corrected chi connectivity index (χ2v) is 10.2. The maximum atomic E-state index is 14.4. The van der Waals surface area contributed by atoms with Gasteiger partial charge in [-0.15, -0.1) is 0 Å². The van der Waals surface area contributed by atoms with Crippen molar-refractivity contribution in [2.75, 3.05) is 33.7 Å². The molecule has 160 valence electrons. The second-order valence-electron chi connectivity index (χ2n) is 8.22. The first-order valence-corrected chi connectivity index (χ1v) is 11.0. The Balaban J connectivity index is 3.20. The average molecular weight is 416 g/mol. The number of hydrogen-bond donors (Lipinski definition) is 1. The normalized spacial score (nSPS) is 13.8. The minimum absolute atomic E-state index is 0.0802. The molecule has 0 saturated heterocycles. The van der Waals surface area contributed by atoms with E-state index in [2.05, 4.69) is 5.32 Å². The van der Waals surface area contributed by atoms with Gasteiger partial charge in [-0.2, -0.15) is 4.31 Å². The van der Waals surface area contributed by atoms with Crippen LogP contribution in [0.2, 0.25) is 0 Å². The fourth-order valence-corrected chi connectivity index (χ4v) is 4.38. The summed E-state index contributed by atoms with van der Waals surface area (Å²) in [6.45, 7) is 10.8.